The van der Waals surface area contributed by atoms with E-state index in [-0.39, 0.29) is 36.4 Å². The number of carbonyl (C=O) groups is 2. The van der Waals surface area contributed by atoms with Gasteiger partial charge in [0, 0.05) is 76.1 Å². The summed E-state index contributed by atoms with van der Waals surface area (Å²) >= 11 is 0. The number of amides is 2. The average Bonchev–Trinajstić information content (AvgIpc) is 3.92. The number of anilines is 1. The molecule has 4 aromatic rings. The van der Waals surface area contributed by atoms with Crippen molar-refractivity contribution in [3.63, 3.8) is 0 Å². The molecule has 5 heterocycles. The van der Waals surface area contributed by atoms with Crippen LogP contribution < -0.4 is 14.4 Å². The van der Waals surface area contributed by atoms with Crippen molar-refractivity contribution in [1.82, 2.24) is 19.3 Å². The second kappa shape index (κ2) is 15.5. The van der Waals surface area contributed by atoms with Gasteiger partial charge in [-0.3, -0.25) is 14.5 Å². The van der Waals surface area contributed by atoms with Crippen LogP contribution in [0.4, 0.5) is 5.69 Å². The molecule has 0 saturated carbocycles. The van der Waals surface area contributed by atoms with Crippen LogP contribution in [0, 0.1) is 6.92 Å². The number of carbonyl (C=O) groups excluding carboxylic acids is 2. The van der Waals surface area contributed by atoms with Crippen molar-refractivity contribution in [1.29, 1.82) is 0 Å². The number of fused-ring (bicyclic) bond motifs is 2. The molecule has 4 aliphatic heterocycles. The molecule has 0 bridgehead atoms. The van der Waals surface area contributed by atoms with Crippen molar-refractivity contribution in [3.8, 4) is 28.5 Å². The number of ether oxygens (including phenoxy) is 3. The van der Waals surface area contributed by atoms with Crippen LogP contribution in [0.25, 0.3) is 11.3 Å². The van der Waals surface area contributed by atoms with E-state index in [0.717, 1.165) is 48.7 Å². The predicted molar refractivity (Wildman–Crippen MR) is 216 cm³/mol. The summed E-state index contributed by atoms with van der Waals surface area (Å²) < 4.78 is 19.3. The van der Waals surface area contributed by atoms with Crippen molar-refractivity contribution >= 4 is 23.7 Å². The van der Waals surface area contributed by atoms with Crippen molar-refractivity contribution in [2.75, 3.05) is 59.1 Å². The number of nitrogens with zero attached hydrogens (tertiary/aromatic N) is 6. The third-order valence-electron chi connectivity index (χ3n) is 11.7. The summed E-state index contributed by atoms with van der Waals surface area (Å²) in [6, 6.07) is 20.3. The molecule has 1 aromatic heterocycles. The summed E-state index contributed by atoms with van der Waals surface area (Å²) in [6.45, 7) is 8.08. The van der Waals surface area contributed by atoms with Crippen LogP contribution in [0.2, 0.25) is 0 Å². The van der Waals surface area contributed by atoms with Gasteiger partial charge in [0.25, 0.3) is 11.8 Å². The summed E-state index contributed by atoms with van der Waals surface area (Å²) in [5.41, 5.74) is 7.47. The van der Waals surface area contributed by atoms with Gasteiger partial charge in [-0.25, -0.2) is 4.99 Å². The van der Waals surface area contributed by atoms with E-state index in [0.29, 0.717) is 66.5 Å². The van der Waals surface area contributed by atoms with Crippen LogP contribution in [0.1, 0.15) is 57.3 Å². The number of rotatable bonds is 11. The van der Waals surface area contributed by atoms with Crippen LogP contribution in [0.5, 0.6) is 17.2 Å². The predicted octanol–water partition coefficient (Wildman–Crippen LogP) is 6.10. The highest BCUT2D eigenvalue weighted by Crippen LogP contribution is 2.42. The standard InChI is InChI=1S/C44H50N6O6/c1-28-20-30-8-6-7-9-32(30)26-49(28)43(52)38-24-41-40(55-27-56-41)23-37(38)39-22-36(29(2)48(39)17-16-46(3)18-19-54-5)44(53)50(33-10-12-35(51)13-11-33)34-21-31-14-15-47(4)42(31)45-25-34/h6-13,22-25,28,34,51H,14-21,26-27H2,1-5H3/t28-,34?/m1/s1. The number of hydrogen-bond donors (Lipinski definition) is 1. The van der Waals surface area contributed by atoms with Gasteiger partial charge in [0.2, 0.25) is 6.79 Å². The molecule has 4 aliphatic rings. The number of aromatic hydroxyl groups is 1. The molecule has 0 fully saturated rings. The van der Waals surface area contributed by atoms with Crippen LogP contribution in [0.3, 0.4) is 0 Å². The van der Waals surface area contributed by atoms with Crippen molar-refractivity contribution in [2.45, 2.75) is 58.3 Å². The molecule has 292 valence electrons. The van der Waals surface area contributed by atoms with E-state index >= 15 is 4.79 Å². The van der Waals surface area contributed by atoms with Crippen molar-refractivity contribution in [2.24, 2.45) is 4.99 Å². The maximum absolute atomic E-state index is 15.2. The van der Waals surface area contributed by atoms with Gasteiger partial charge in [-0.1, -0.05) is 24.3 Å². The van der Waals surface area contributed by atoms with Gasteiger partial charge in [0.05, 0.1) is 29.5 Å². The number of likely N-dealkylation sites (N-methyl/N-ethyl adjacent to an activating group) is 1. The minimum absolute atomic E-state index is 0.0259. The maximum atomic E-state index is 15.2. The highest BCUT2D eigenvalue weighted by atomic mass is 16.7. The molecule has 2 amide bonds. The number of benzene rings is 3. The highest BCUT2D eigenvalue weighted by Gasteiger charge is 2.36. The first-order valence-corrected chi connectivity index (χ1v) is 19.4. The molecule has 12 nitrogen and oxygen atoms in total. The zero-order chi connectivity index (χ0) is 39.1. The monoisotopic (exact) mass is 758 g/mol. The van der Waals surface area contributed by atoms with Crippen LogP contribution in [-0.4, -0.2) is 109 Å². The van der Waals surface area contributed by atoms with Crippen LogP contribution in [0.15, 0.2) is 83.1 Å². The van der Waals surface area contributed by atoms with Crippen molar-refractivity contribution in [3.05, 3.63) is 106 Å². The van der Waals surface area contributed by atoms with Crippen LogP contribution >= 0.6 is 0 Å². The van der Waals surface area contributed by atoms with E-state index in [9.17, 15) is 9.90 Å². The number of phenolic OH excluding ortho intramolecular Hbond substituents is 1. The Bertz CT molecular complexity index is 2210. The molecular weight excluding hydrogens is 709 g/mol. The van der Waals surface area contributed by atoms with E-state index in [1.807, 2.05) is 56.4 Å². The van der Waals surface area contributed by atoms with Gasteiger partial charge in [-0.05, 0) is 99.3 Å². The number of phenols is 1. The first-order valence-electron chi connectivity index (χ1n) is 19.4. The Labute approximate surface area is 328 Å². The summed E-state index contributed by atoms with van der Waals surface area (Å²) in [6.07, 6.45) is 4.19. The summed E-state index contributed by atoms with van der Waals surface area (Å²) in [5.74, 6) is 1.88. The van der Waals surface area contributed by atoms with E-state index in [4.69, 9.17) is 19.2 Å². The van der Waals surface area contributed by atoms with Crippen LogP contribution in [-0.2, 0) is 24.2 Å². The first kappa shape index (κ1) is 37.3. The number of methoxy groups -OCH3 is 1. The third-order valence-corrected chi connectivity index (χ3v) is 11.7. The summed E-state index contributed by atoms with van der Waals surface area (Å²) in [5, 5.41) is 10.2. The summed E-state index contributed by atoms with van der Waals surface area (Å²) in [7, 11) is 5.79. The fraction of sp³-hybridized carbons (Fsp3) is 0.386. The molecule has 0 saturated heterocycles. The highest BCUT2D eigenvalue weighted by molar-refractivity contribution is 6.11. The van der Waals surface area contributed by atoms with Gasteiger partial charge in [0.1, 0.15) is 11.6 Å². The Morgan fingerprint density at radius 1 is 0.982 bits per heavy atom. The lowest BCUT2D eigenvalue weighted by molar-refractivity contribution is 0.0658. The Kier molecular flexibility index (Phi) is 10.3. The molecule has 1 unspecified atom stereocenters. The molecule has 0 aliphatic carbocycles. The quantitative estimate of drug-likeness (QED) is 0.196. The first-order chi connectivity index (χ1) is 27.1. The lowest BCUT2D eigenvalue weighted by Crippen LogP contribution is -2.43. The molecule has 12 heteroatoms. The topological polar surface area (TPSA) is 112 Å². The van der Waals surface area contributed by atoms with Gasteiger partial charge < -0.3 is 38.6 Å². The zero-order valence-electron chi connectivity index (χ0n) is 32.8. The molecule has 0 radical (unpaired) electrons. The Balaban J connectivity index is 1.23. The largest absolute Gasteiger partial charge is 0.508 e. The van der Waals surface area contributed by atoms with Gasteiger partial charge in [0.15, 0.2) is 11.5 Å². The molecule has 0 spiro atoms. The minimum Gasteiger partial charge on any atom is -0.508 e. The van der Waals surface area contributed by atoms with Gasteiger partial charge >= 0.3 is 0 Å². The van der Waals surface area contributed by atoms with E-state index in [1.54, 1.807) is 42.3 Å². The molecule has 3 aromatic carbocycles. The lowest BCUT2D eigenvalue weighted by Gasteiger charge is -2.35. The van der Waals surface area contributed by atoms with E-state index < -0.39 is 0 Å². The molecule has 1 N–H and O–H groups in total. The normalized spacial score (nSPS) is 18.5. The fourth-order valence-corrected chi connectivity index (χ4v) is 8.43. The number of hydrogen-bond acceptors (Lipinski definition) is 9. The fourth-order valence-electron chi connectivity index (χ4n) is 8.43. The number of aromatic nitrogens is 1. The van der Waals surface area contributed by atoms with E-state index in [1.165, 1.54) is 11.1 Å². The molecule has 2 atom stereocenters. The third kappa shape index (κ3) is 7.03. The second-order valence-corrected chi connectivity index (χ2v) is 15.3. The SMILES string of the molecule is COCCN(C)CCn1c(-c2cc3c(cc2C(=O)N2Cc4ccccc4C[C@H]2C)OCO3)cc(C(=O)N(c2ccc(O)cc2)C2C=NC3=C(CCN3C)C2)c1C. The molecule has 56 heavy (non-hydrogen) atoms. The Morgan fingerprint density at radius 3 is 2.50 bits per heavy atom. The Hall–Kier alpha value is -5.59. The second-order valence-electron chi connectivity index (χ2n) is 15.3. The molecular formula is C44H50N6O6. The lowest BCUT2D eigenvalue weighted by atomic mass is 9.93. The van der Waals surface area contributed by atoms with Gasteiger partial charge in [-0.15, -0.1) is 0 Å². The summed E-state index contributed by atoms with van der Waals surface area (Å²) in [4.78, 5) is 43.0. The maximum Gasteiger partial charge on any atom is 0.260 e. The van der Waals surface area contributed by atoms with Crippen molar-refractivity contribution < 1.29 is 28.9 Å². The Morgan fingerprint density at radius 2 is 1.73 bits per heavy atom. The zero-order valence-corrected chi connectivity index (χ0v) is 32.8. The number of aliphatic imine (C=N–C) groups is 1. The van der Waals surface area contributed by atoms with Gasteiger partial charge in [-0.2, -0.15) is 0 Å². The molecule has 8 rings (SSSR count). The smallest absolute Gasteiger partial charge is 0.260 e. The average molecular weight is 759 g/mol. The minimum atomic E-state index is -0.338. The van der Waals surface area contributed by atoms with E-state index in [2.05, 4.69) is 33.4 Å².